The quantitative estimate of drug-likeness (QED) is 0.606. The van der Waals surface area contributed by atoms with Crippen molar-refractivity contribution in [2.24, 2.45) is 5.92 Å². The van der Waals surface area contributed by atoms with E-state index in [1.807, 2.05) is 0 Å². The number of Topliss-reactive ketones (excluding diaryl/α,β-unsaturated/α-hetero) is 1. The topological polar surface area (TPSA) is 83.8 Å². The average molecular weight is 304 g/mol. The molecule has 0 spiro atoms. The largest absolute Gasteiger partial charge is 0.465 e. The van der Waals surface area contributed by atoms with Crippen LogP contribution in [0.15, 0.2) is 0 Å². The Kier molecular flexibility index (Phi) is 16.4. The van der Waals surface area contributed by atoms with E-state index >= 15 is 0 Å². The molecule has 2 atom stereocenters. The predicted molar refractivity (Wildman–Crippen MR) is 82.9 cm³/mol. The van der Waals surface area contributed by atoms with E-state index in [9.17, 15) is 9.59 Å². The number of ketones is 1. The molecule has 5 heteroatoms. The molecular formula is C16H32O5. The van der Waals surface area contributed by atoms with Crippen molar-refractivity contribution in [2.75, 3.05) is 13.2 Å². The van der Waals surface area contributed by atoms with Gasteiger partial charge in [-0.3, -0.25) is 4.79 Å². The summed E-state index contributed by atoms with van der Waals surface area (Å²) in [5.41, 5.74) is 0. The first-order chi connectivity index (χ1) is 9.87. The minimum absolute atomic E-state index is 0.0370. The molecule has 0 aromatic carbocycles. The standard InChI is InChI=1S/C13H24O3.C3H8O2/c1-4-6-7-12(5-2)10-16-13(15)9-8-11(3)14;1-3(5)2-4/h12H,4-10H2,1-3H3;3-5H,2H2,1H3. The lowest BCUT2D eigenvalue weighted by molar-refractivity contribution is -0.146. The van der Waals surface area contributed by atoms with Gasteiger partial charge in [0.05, 0.1) is 25.7 Å². The number of unbranched alkanes of at least 4 members (excludes halogenated alkanes) is 1. The summed E-state index contributed by atoms with van der Waals surface area (Å²) in [7, 11) is 0. The number of carbonyl (C=O) groups is 2. The second-order valence-electron chi connectivity index (χ2n) is 5.33. The number of aliphatic hydroxyl groups excluding tert-OH is 2. The third-order valence-electron chi connectivity index (χ3n) is 2.97. The van der Waals surface area contributed by atoms with Crippen molar-refractivity contribution < 1.29 is 24.5 Å². The SMILES string of the molecule is CC(O)CO.CCCCC(CC)COC(=O)CCC(C)=O. The molecule has 0 aromatic rings. The molecule has 0 amide bonds. The van der Waals surface area contributed by atoms with Gasteiger partial charge in [0.1, 0.15) is 5.78 Å². The van der Waals surface area contributed by atoms with Gasteiger partial charge < -0.3 is 19.7 Å². The van der Waals surface area contributed by atoms with Crippen molar-refractivity contribution in [1.29, 1.82) is 0 Å². The lowest BCUT2D eigenvalue weighted by Gasteiger charge is -2.14. The number of hydrogen-bond acceptors (Lipinski definition) is 5. The molecule has 0 saturated carbocycles. The highest BCUT2D eigenvalue weighted by molar-refractivity contribution is 5.80. The normalized spacial score (nSPS) is 12.9. The molecule has 0 aliphatic rings. The Morgan fingerprint density at radius 3 is 2.14 bits per heavy atom. The van der Waals surface area contributed by atoms with Crippen LogP contribution in [0.2, 0.25) is 0 Å². The summed E-state index contributed by atoms with van der Waals surface area (Å²) >= 11 is 0. The summed E-state index contributed by atoms with van der Waals surface area (Å²) in [6.45, 7) is 7.66. The first-order valence-corrected chi connectivity index (χ1v) is 7.81. The van der Waals surface area contributed by atoms with Crippen molar-refractivity contribution in [3.05, 3.63) is 0 Å². The van der Waals surface area contributed by atoms with Crippen LogP contribution in [-0.4, -0.2) is 41.3 Å². The van der Waals surface area contributed by atoms with E-state index < -0.39 is 6.10 Å². The monoisotopic (exact) mass is 304 g/mol. The summed E-state index contributed by atoms with van der Waals surface area (Å²) in [5.74, 6) is 0.265. The van der Waals surface area contributed by atoms with Crippen molar-refractivity contribution >= 4 is 11.8 Å². The number of rotatable bonds is 10. The van der Waals surface area contributed by atoms with Gasteiger partial charge in [-0.05, 0) is 26.2 Å². The van der Waals surface area contributed by atoms with Crippen molar-refractivity contribution in [3.63, 3.8) is 0 Å². The van der Waals surface area contributed by atoms with Gasteiger partial charge in [-0.2, -0.15) is 0 Å². The molecule has 0 heterocycles. The van der Waals surface area contributed by atoms with Gasteiger partial charge >= 0.3 is 5.97 Å². The van der Waals surface area contributed by atoms with Gasteiger partial charge in [-0.25, -0.2) is 0 Å². The van der Waals surface area contributed by atoms with Crippen molar-refractivity contribution in [2.45, 2.75) is 72.3 Å². The van der Waals surface area contributed by atoms with Crippen LogP contribution in [0.5, 0.6) is 0 Å². The molecule has 2 unspecified atom stereocenters. The smallest absolute Gasteiger partial charge is 0.306 e. The van der Waals surface area contributed by atoms with E-state index in [0.717, 1.165) is 12.8 Å². The van der Waals surface area contributed by atoms with E-state index in [4.69, 9.17) is 14.9 Å². The Morgan fingerprint density at radius 1 is 1.19 bits per heavy atom. The Labute approximate surface area is 128 Å². The van der Waals surface area contributed by atoms with Gasteiger partial charge in [0.25, 0.3) is 0 Å². The number of carbonyl (C=O) groups excluding carboxylic acids is 2. The molecule has 21 heavy (non-hydrogen) atoms. The lowest BCUT2D eigenvalue weighted by atomic mass is 10.0. The number of ether oxygens (including phenoxy) is 1. The molecule has 0 aromatic heterocycles. The number of hydrogen-bond donors (Lipinski definition) is 2. The van der Waals surface area contributed by atoms with Crippen LogP contribution in [0, 0.1) is 5.92 Å². The highest BCUT2D eigenvalue weighted by Crippen LogP contribution is 2.13. The van der Waals surface area contributed by atoms with Gasteiger partial charge in [-0.15, -0.1) is 0 Å². The predicted octanol–water partition coefficient (Wildman–Crippen LogP) is 2.47. The fraction of sp³-hybridized carbons (Fsp3) is 0.875. The van der Waals surface area contributed by atoms with Crippen LogP contribution in [-0.2, 0) is 14.3 Å². The molecule has 2 N–H and O–H groups in total. The Bertz CT molecular complexity index is 263. The summed E-state index contributed by atoms with van der Waals surface area (Å²) in [5, 5.41) is 16.0. The van der Waals surface area contributed by atoms with Crippen LogP contribution in [0.3, 0.4) is 0 Å². The van der Waals surface area contributed by atoms with E-state index in [1.165, 1.54) is 26.7 Å². The molecule has 0 aliphatic carbocycles. The molecule has 5 nitrogen and oxygen atoms in total. The minimum atomic E-state index is -0.560. The van der Waals surface area contributed by atoms with Gasteiger partial charge in [0.15, 0.2) is 0 Å². The van der Waals surface area contributed by atoms with Crippen LogP contribution in [0.25, 0.3) is 0 Å². The van der Waals surface area contributed by atoms with Crippen LogP contribution >= 0.6 is 0 Å². The fourth-order valence-electron chi connectivity index (χ4n) is 1.46. The van der Waals surface area contributed by atoms with Crippen molar-refractivity contribution in [3.8, 4) is 0 Å². The third-order valence-corrected chi connectivity index (χ3v) is 2.97. The van der Waals surface area contributed by atoms with E-state index in [-0.39, 0.29) is 24.8 Å². The first kappa shape index (κ1) is 22.3. The van der Waals surface area contributed by atoms with Gasteiger partial charge in [-0.1, -0.05) is 33.1 Å². The zero-order valence-corrected chi connectivity index (χ0v) is 13.9. The van der Waals surface area contributed by atoms with E-state index in [1.54, 1.807) is 0 Å². The summed E-state index contributed by atoms with van der Waals surface area (Å²) in [6.07, 6.45) is 4.48. The van der Waals surface area contributed by atoms with Crippen molar-refractivity contribution in [1.82, 2.24) is 0 Å². The van der Waals surface area contributed by atoms with Crippen LogP contribution in [0.1, 0.15) is 66.2 Å². The van der Waals surface area contributed by atoms with E-state index in [2.05, 4.69) is 13.8 Å². The molecule has 0 saturated heterocycles. The third kappa shape index (κ3) is 19.1. The fourth-order valence-corrected chi connectivity index (χ4v) is 1.46. The second-order valence-corrected chi connectivity index (χ2v) is 5.33. The highest BCUT2D eigenvalue weighted by Gasteiger charge is 2.10. The molecule has 0 rings (SSSR count). The van der Waals surface area contributed by atoms with E-state index in [0.29, 0.717) is 18.9 Å². The van der Waals surface area contributed by atoms with Crippen LogP contribution < -0.4 is 0 Å². The highest BCUT2D eigenvalue weighted by atomic mass is 16.5. The average Bonchev–Trinajstić information content (AvgIpc) is 2.45. The summed E-state index contributed by atoms with van der Waals surface area (Å²) < 4.78 is 5.15. The van der Waals surface area contributed by atoms with Crippen LogP contribution in [0.4, 0.5) is 0 Å². The number of esters is 1. The molecule has 0 bridgehead atoms. The molecular weight excluding hydrogens is 272 g/mol. The maximum absolute atomic E-state index is 11.3. The minimum Gasteiger partial charge on any atom is -0.465 e. The Balaban J connectivity index is 0. The Hall–Kier alpha value is -0.940. The second kappa shape index (κ2) is 15.4. The molecule has 0 aliphatic heterocycles. The maximum Gasteiger partial charge on any atom is 0.306 e. The molecule has 0 fully saturated rings. The molecule has 0 radical (unpaired) electrons. The maximum atomic E-state index is 11.3. The lowest BCUT2D eigenvalue weighted by Crippen LogP contribution is -2.14. The summed E-state index contributed by atoms with van der Waals surface area (Å²) in [6, 6.07) is 0. The zero-order valence-electron chi connectivity index (χ0n) is 13.9. The summed E-state index contributed by atoms with van der Waals surface area (Å²) in [4.78, 5) is 21.9. The number of aliphatic hydroxyl groups is 2. The van der Waals surface area contributed by atoms with Gasteiger partial charge in [0, 0.05) is 6.42 Å². The first-order valence-electron chi connectivity index (χ1n) is 7.81. The van der Waals surface area contributed by atoms with Gasteiger partial charge in [0.2, 0.25) is 0 Å². The zero-order chi connectivity index (χ0) is 16.7. The Morgan fingerprint density at radius 2 is 1.76 bits per heavy atom. The molecule has 126 valence electrons.